The van der Waals surface area contributed by atoms with Crippen LogP contribution < -0.4 is 10.2 Å². The maximum Gasteiger partial charge on any atom is 0.227 e. The lowest BCUT2D eigenvalue weighted by atomic mass is 9.93. The van der Waals surface area contributed by atoms with Gasteiger partial charge in [0.2, 0.25) is 17.7 Å². The SMILES string of the molecule is CC(=O)N1C=Cc2ccccc2C1CC(=O)Nc1ccc(N2CCCC2=O)c(C)c1. The van der Waals surface area contributed by atoms with Crippen LogP contribution in [0.2, 0.25) is 0 Å². The number of hydrogen-bond donors (Lipinski definition) is 1. The van der Waals surface area contributed by atoms with Gasteiger partial charge in [0.1, 0.15) is 0 Å². The Balaban J connectivity index is 1.50. The maximum absolute atomic E-state index is 12.8. The van der Waals surface area contributed by atoms with E-state index in [1.54, 1.807) is 16.0 Å². The van der Waals surface area contributed by atoms with E-state index in [1.165, 1.54) is 6.92 Å². The van der Waals surface area contributed by atoms with Crippen LogP contribution in [0, 0.1) is 6.92 Å². The second-order valence-corrected chi connectivity index (χ2v) is 7.79. The molecule has 1 N–H and O–H groups in total. The molecule has 0 saturated carbocycles. The van der Waals surface area contributed by atoms with Crippen molar-refractivity contribution in [3.63, 3.8) is 0 Å². The molecule has 1 saturated heterocycles. The van der Waals surface area contributed by atoms with Gasteiger partial charge in [0.15, 0.2) is 0 Å². The zero-order chi connectivity index (χ0) is 21.3. The van der Waals surface area contributed by atoms with Gasteiger partial charge in [0.05, 0.1) is 12.5 Å². The molecule has 1 atom stereocenters. The van der Waals surface area contributed by atoms with Crippen molar-refractivity contribution in [2.24, 2.45) is 0 Å². The third kappa shape index (κ3) is 3.85. The summed E-state index contributed by atoms with van der Waals surface area (Å²) in [6, 6.07) is 13.1. The van der Waals surface area contributed by atoms with Gasteiger partial charge in [0.25, 0.3) is 0 Å². The first-order chi connectivity index (χ1) is 14.4. The Labute approximate surface area is 176 Å². The monoisotopic (exact) mass is 403 g/mol. The van der Waals surface area contributed by atoms with Crippen LogP contribution in [0.25, 0.3) is 6.08 Å². The number of benzene rings is 2. The molecule has 3 amide bonds. The van der Waals surface area contributed by atoms with E-state index in [2.05, 4.69) is 5.32 Å². The van der Waals surface area contributed by atoms with Crippen LogP contribution in [0.1, 0.15) is 48.9 Å². The summed E-state index contributed by atoms with van der Waals surface area (Å²) in [4.78, 5) is 40.4. The maximum atomic E-state index is 12.8. The van der Waals surface area contributed by atoms with Crippen LogP contribution in [0.3, 0.4) is 0 Å². The summed E-state index contributed by atoms with van der Waals surface area (Å²) >= 11 is 0. The van der Waals surface area contributed by atoms with E-state index in [9.17, 15) is 14.4 Å². The molecule has 30 heavy (non-hydrogen) atoms. The molecule has 2 heterocycles. The molecule has 6 nitrogen and oxygen atoms in total. The average Bonchev–Trinajstić information content (AvgIpc) is 3.13. The highest BCUT2D eigenvalue weighted by atomic mass is 16.2. The van der Waals surface area contributed by atoms with Gasteiger partial charge in [-0.05, 0) is 54.3 Å². The molecule has 2 aromatic rings. The van der Waals surface area contributed by atoms with E-state index >= 15 is 0 Å². The predicted octanol–water partition coefficient (Wildman–Crippen LogP) is 4.02. The molecule has 0 bridgehead atoms. The normalized spacial score (nSPS) is 17.8. The fraction of sp³-hybridized carbons (Fsp3) is 0.292. The molecule has 1 unspecified atom stereocenters. The predicted molar refractivity (Wildman–Crippen MR) is 117 cm³/mol. The Morgan fingerprint density at radius 3 is 2.67 bits per heavy atom. The fourth-order valence-corrected chi connectivity index (χ4v) is 4.24. The number of aryl methyl sites for hydroxylation is 1. The third-order valence-electron chi connectivity index (χ3n) is 5.69. The number of anilines is 2. The van der Waals surface area contributed by atoms with Gasteiger partial charge in [-0.25, -0.2) is 0 Å². The van der Waals surface area contributed by atoms with Crippen LogP contribution in [-0.2, 0) is 14.4 Å². The Hall–Kier alpha value is -3.41. The second-order valence-electron chi connectivity index (χ2n) is 7.79. The molecule has 2 aliphatic rings. The average molecular weight is 403 g/mol. The van der Waals surface area contributed by atoms with Crippen molar-refractivity contribution in [1.29, 1.82) is 0 Å². The van der Waals surface area contributed by atoms with Gasteiger partial charge in [0, 0.05) is 37.5 Å². The first-order valence-electron chi connectivity index (χ1n) is 10.2. The minimum absolute atomic E-state index is 0.103. The smallest absolute Gasteiger partial charge is 0.227 e. The van der Waals surface area contributed by atoms with Gasteiger partial charge in [-0.2, -0.15) is 0 Å². The van der Waals surface area contributed by atoms with E-state index in [0.717, 1.165) is 35.3 Å². The Bertz CT molecular complexity index is 1040. The van der Waals surface area contributed by atoms with Crippen molar-refractivity contribution >= 4 is 35.2 Å². The highest BCUT2D eigenvalue weighted by molar-refractivity contribution is 5.97. The zero-order valence-electron chi connectivity index (χ0n) is 17.2. The first kappa shape index (κ1) is 19.9. The number of rotatable bonds is 4. The second kappa shape index (κ2) is 8.14. The lowest BCUT2D eigenvalue weighted by molar-refractivity contribution is -0.129. The summed E-state index contributed by atoms with van der Waals surface area (Å²) in [5, 5.41) is 2.94. The molecule has 0 spiro atoms. The summed E-state index contributed by atoms with van der Waals surface area (Å²) in [5.74, 6) is -0.127. The lowest BCUT2D eigenvalue weighted by Gasteiger charge is -2.32. The highest BCUT2D eigenvalue weighted by Crippen LogP contribution is 2.33. The number of fused-ring (bicyclic) bond motifs is 1. The van der Waals surface area contributed by atoms with E-state index in [1.807, 2.05) is 55.5 Å². The minimum atomic E-state index is -0.341. The van der Waals surface area contributed by atoms with Gasteiger partial charge in [-0.3, -0.25) is 14.4 Å². The summed E-state index contributed by atoms with van der Waals surface area (Å²) in [7, 11) is 0. The topological polar surface area (TPSA) is 69.7 Å². The van der Waals surface area contributed by atoms with Crippen LogP contribution in [-0.4, -0.2) is 29.2 Å². The number of nitrogens with one attached hydrogen (secondary N) is 1. The molecule has 0 aromatic heterocycles. The third-order valence-corrected chi connectivity index (χ3v) is 5.69. The molecule has 154 valence electrons. The fourth-order valence-electron chi connectivity index (χ4n) is 4.24. The lowest BCUT2D eigenvalue weighted by Crippen LogP contribution is -2.33. The zero-order valence-corrected chi connectivity index (χ0v) is 17.2. The van der Waals surface area contributed by atoms with Gasteiger partial charge < -0.3 is 15.1 Å². The van der Waals surface area contributed by atoms with Crippen molar-refractivity contribution in [3.05, 3.63) is 65.4 Å². The van der Waals surface area contributed by atoms with Gasteiger partial charge in [-0.15, -0.1) is 0 Å². The molecule has 0 aliphatic carbocycles. The Morgan fingerprint density at radius 2 is 1.97 bits per heavy atom. The molecule has 4 rings (SSSR count). The van der Waals surface area contributed by atoms with Crippen molar-refractivity contribution in [1.82, 2.24) is 4.90 Å². The largest absolute Gasteiger partial charge is 0.326 e. The summed E-state index contributed by atoms with van der Waals surface area (Å²) < 4.78 is 0. The van der Waals surface area contributed by atoms with Crippen LogP contribution in [0.15, 0.2) is 48.7 Å². The molecule has 2 aliphatic heterocycles. The molecular weight excluding hydrogens is 378 g/mol. The summed E-state index contributed by atoms with van der Waals surface area (Å²) in [6.07, 6.45) is 5.26. The number of nitrogens with zero attached hydrogens (tertiary/aromatic N) is 2. The van der Waals surface area contributed by atoms with Crippen molar-refractivity contribution in [3.8, 4) is 0 Å². The first-order valence-corrected chi connectivity index (χ1v) is 10.2. The molecule has 6 heteroatoms. The summed E-state index contributed by atoms with van der Waals surface area (Å²) in [6.45, 7) is 4.18. The van der Waals surface area contributed by atoms with Crippen LogP contribution in [0.5, 0.6) is 0 Å². The standard InChI is InChI=1S/C24H25N3O3/c1-16-14-19(9-10-21(16)27-12-5-8-24(27)30)25-23(29)15-22-20-7-4-3-6-18(20)11-13-26(22)17(2)28/h3-4,6-7,9-11,13-14,22H,5,8,12,15H2,1-2H3,(H,25,29). The number of amides is 3. The van der Waals surface area contributed by atoms with E-state index < -0.39 is 0 Å². The van der Waals surface area contributed by atoms with Gasteiger partial charge >= 0.3 is 0 Å². The molecule has 2 aromatic carbocycles. The highest BCUT2D eigenvalue weighted by Gasteiger charge is 2.28. The van der Waals surface area contributed by atoms with E-state index in [4.69, 9.17) is 0 Å². The van der Waals surface area contributed by atoms with Gasteiger partial charge in [-0.1, -0.05) is 24.3 Å². The van der Waals surface area contributed by atoms with Crippen LogP contribution in [0.4, 0.5) is 11.4 Å². The molecule has 0 radical (unpaired) electrons. The Kier molecular flexibility index (Phi) is 5.40. The molecule has 1 fully saturated rings. The summed E-state index contributed by atoms with van der Waals surface area (Å²) in [5.41, 5.74) is 4.50. The quantitative estimate of drug-likeness (QED) is 0.838. The molecular formula is C24H25N3O3. The van der Waals surface area contributed by atoms with E-state index in [-0.39, 0.29) is 30.2 Å². The number of hydrogen-bond acceptors (Lipinski definition) is 3. The number of carbonyl (C=O) groups excluding carboxylic acids is 3. The Morgan fingerprint density at radius 1 is 1.17 bits per heavy atom. The van der Waals surface area contributed by atoms with Crippen molar-refractivity contribution in [2.75, 3.05) is 16.8 Å². The minimum Gasteiger partial charge on any atom is -0.326 e. The number of carbonyl (C=O) groups is 3. The van der Waals surface area contributed by atoms with E-state index in [0.29, 0.717) is 12.1 Å². The van der Waals surface area contributed by atoms with Crippen molar-refractivity contribution < 1.29 is 14.4 Å². The van der Waals surface area contributed by atoms with Crippen molar-refractivity contribution in [2.45, 2.75) is 39.2 Å². The van der Waals surface area contributed by atoms with Crippen LogP contribution >= 0.6 is 0 Å².